The van der Waals surface area contributed by atoms with Gasteiger partial charge in [0.25, 0.3) is 0 Å². The topological polar surface area (TPSA) is 70.0 Å². The SMILES string of the molecule is O=C(O)c1ccc(-c2ccc(OCCCCO)c(-c3ccc(N4CCCC4)c(C(F)(F)F)c3)c2)cc1. The third-order valence-corrected chi connectivity index (χ3v) is 6.31. The number of anilines is 1. The van der Waals surface area contributed by atoms with Crippen LogP contribution in [0.1, 0.15) is 41.6 Å². The maximum Gasteiger partial charge on any atom is 0.418 e. The van der Waals surface area contributed by atoms with Gasteiger partial charge in [-0.3, -0.25) is 0 Å². The quantitative estimate of drug-likeness (QED) is 0.330. The van der Waals surface area contributed by atoms with Gasteiger partial charge >= 0.3 is 12.1 Å². The van der Waals surface area contributed by atoms with Crippen molar-refractivity contribution in [3.63, 3.8) is 0 Å². The van der Waals surface area contributed by atoms with Crippen molar-refractivity contribution in [3.05, 3.63) is 71.8 Å². The number of benzene rings is 3. The molecule has 0 aliphatic carbocycles. The van der Waals surface area contributed by atoms with Crippen LogP contribution in [0, 0.1) is 0 Å². The first-order chi connectivity index (χ1) is 17.3. The van der Waals surface area contributed by atoms with Gasteiger partial charge in [-0.05, 0) is 78.8 Å². The molecule has 0 bridgehead atoms. The number of carboxylic acids is 1. The minimum Gasteiger partial charge on any atom is -0.493 e. The fraction of sp³-hybridized carbons (Fsp3) is 0.321. The van der Waals surface area contributed by atoms with Crippen LogP contribution in [0.15, 0.2) is 60.7 Å². The predicted octanol–water partition coefficient (Wildman–Crippen LogP) is 6.49. The Morgan fingerprint density at radius 1 is 0.889 bits per heavy atom. The Morgan fingerprint density at radius 3 is 2.19 bits per heavy atom. The molecule has 0 amide bonds. The molecule has 0 aromatic heterocycles. The standard InChI is InChI=1S/C28H28F3NO4/c29-28(30,31)24-18-22(9-11-25(24)32-13-1-2-14-32)23-17-21(10-12-26(23)36-16-4-3-15-33)19-5-7-20(8-6-19)27(34)35/h5-12,17-18,33H,1-4,13-16H2,(H,34,35). The van der Waals surface area contributed by atoms with Gasteiger partial charge in [0.2, 0.25) is 0 Å². The van der Waals surface area contributed by atoms with Gasteiger partial charge in [0.1, 0.15) is 5.75 Å². The third kappa shape index (κ3) is 5.82. The number of aromatic carboxylic acids is 1. The summed E-state index contributed by atoms with van der Waals surface area (Å²) in [5.41, 5.74) is 2.01. The monoisotopic (exact) mass is 499 g/mol. The van der Waals surface area contributed by atoms with E-state index in [9.17, 15) is 18.0 Å². The summed E-state index contributed by atoms with van der Waals surface area (Å²) >= 11 is 0. The molecule has 4 rings (SSSR count). The van der Waals surface area contributed by atoms with E-state index in [0.717, 1.165) is 24.0 Å². The van der Waals surface area contributed by atoms with Crippen molar-refractivity contribution in [2.45, 2.75) is 31.9 Å². The van der Waals surface area contributed by atoms with Gasteiger partial charge in [0.05, 0.1) is 17.7 Å². The van der Waals surface area contributed by atoms with Gasteiger partial charge in [-0.1, -0.05) is 24.3 Å². The predicted molar refractivity (Wildman–Crippen MR) is 133 cm³/mol. The third-order valence-electron chi connectivity index (χ3n) is 6.31. The number of halogens is 3. The maximum atomic E-state index is 14.1. The van der Waals surface area contributed by atoms with Gasteiger partial charge in [0, 0.05) is 30.9 Å². The lowest BCUT2D eigenvalue weighted by molar-refractivity contribution is -0.137. The number of aliphatic hydroxyl groups is 1. The molecule has 1 heterocycles. The fourth-order valence-electron chi connectivity index (χ4n) is 4.43. The summed E-state index contributed by atoms with van der Waals surface area (Å²) in [7, 11) is 0. The number of carboxylic acid groups (broad SMARTS) is 1. The van der Waals surface area contributed by atoms with Crippen molar-refractivity contribution < 1.29 is 32.9 Å². The summed E-state index contributed by atoms with van der Waals surface area (Å²) in [6.45, 7) is 1.56. The second-order valence-electron chi connectivity index (χ2n) is 8.80. The average Bonchev–Trinajstić information content (AvgIpc) is 3.41. The smallest absolute Gasteiger partial charge is 0.418 e. The van der Waals surface area contributed by atoms with Crippen LogP contribution in [-0.2, 0) is 6.18 Å². The molecule has 1 fully saturated rings. The van der Waals surface area contributed by atoms with E-state index in [4.69, 9.17) is 14.9 Å². The molecule has 5 nitrogen and oxygen atoms in total. The van der Waals surface area contributed by atoms with Gasteiger partial charge in [-0.2, -0.15) is 13.2 Å². The van der Waals surface area contributed by atoms with Crippen LogP contribution in [0.5, 0.6) is 5.75 Å². The van der Waals surface area contributed by atoms with Crippen molar-refractivity contribution >= 4 is 11.7 Å². The summed E-state index contributed by atoms with van der Waals surface area (Å²) in [6.07, 6.45) is -1.61. The molecule has 0 unspecified atom stereocenters. The van der Waals surface area contributed by atoms with Crippen LogP contribution >= 0.6 is 0 Å². The van der Waals surface area contributed by atoms with Crippen LogP contribution in [0.2, 0.25) is 0 Å². The molecule has 1 aliphatic heterocycles. The molecule has 0 saturated carbocycles. The number of nitrogens with zero attached hydrogens (tertiary/aromatic N) is 1. The van der Waals surface area contributed by atoms with E-state index in [2.05, 4.69) is 0 Å². The maximum absolute atomic E-state index is 14.1. The highest BCUT2D eigenvalue weighted by molar-refractivity contribution is 5.88. The van der Waals surface area contributed by atoms with Gasteiger partial charge in [-0.15, -0.1) is 0 Å². The molecule has 0 atom stereocenters. The lowest BCUT2D eigenvalue weighted by atomic mass is 9.95. The first kappa shape index (κ1) is 25.6. The minimum absolute atomic E-state index is 0.0361. The summed E-state index contributed by atoms with van der Waals surface area (Å²) in [4.78, 5) is 13.0. The molecule has 3 aromatic rings. The number of carbonyl (C=O) groups is 1. The fourth-order valence-corrected chi connectivity index (χ4v) is 4.43. The summed E-state index contributed by atoms with van der Waals surface area (Å²) in [6, 6.07) is 16.0. The molecule has 1 saturated heterocycles. The number of hydrogen-bond acceptors (Lipinski definition) is 4. The number of ether oxygens (including phenoxy) is 1. The van der Waals surface area contributed by atoms with E-state index < -0.39 is 17.7 Å². The number of aliphatic hydroxyl groups excluding tert-OH is 1. The lowest BCUT2D eigenvalue weighted by Gasteiger charge is -2.24. The molecule has 36 heavy (non-hydrogen) atoms. The second-order valence-corrected chi connectivity index (χ2v) is 8.80. The molecule has 8 heteroatoms. The Morgan fingerprint density at radius 2 is 1.56 bits per heavy atom. The van der Waals surface area contributed by atoms with E-state index >= 15 is 0 Å². The highest BCUT2D eigenvalue weighted by atomic mass is 19.4. The zero-order valence-electron chi connectivity index (χ0n) is 19.7. The molecule has 190 valence electrons. The van der Waals surface area contributed by atoms with Crippen LogP contribution in [0.3, 0.4) is 0 Å². The summed E-state index contributed by atoms with van der Waals surface area (Å²) < 4.78 is 48.2. The van der Waals surface area contributed by atoms with Crippen LogP contribution in [0.4, 0.5) is 18.9 Å². The number of rotatable bonds is 9. The Labute approximate surface area is 207 Å². The van der Waals surface area contributed by atoms with E-state index in [1.165, 1.54) is 24.3 Å². The number of hydrogen-bond donors (Lipinski definition) is 2. The van der Waals surface area contributed by atoms with Crippen molar-refractivity contribution in [2.75, 3.05) is 31.2 Å². The zero-order valence-corrected chi connectivity index (χ0v) is 19.7. The lowest BCUT2D eigenvalue weighted by Crippen LogP contribution is -2.22. The van der Waals surface area contributed by atoms with E-state index in [1.54, 1.807) is 41.3 Å². The zero-order chi connectivity index (χ0) is 25.7. The van der Waals surface area contributed by atoms with Crippen LogP contribution in [0.25, 0.3) is 22.3 Å². The van der Waals surface area contributed by atoms with E-state index in [0.29, 0.717) is 49.4 Å². The van der Waals surface area contributed by atoms with Gasteiger partial charge in [-0.25, -0.2) is 4.79 Å². The van der Waals surface area contributed by atoms with Gasteiger partial charge in [0.15, 0.2) is 0 Å². The first-order valence-electron chi connectivity index (χ1n) is 12.0. The average molecular weight is 500 g/mol. The van der Waals surface area contributed by atoms with Crippen molar-refractivity contribution in [2.24, 2.45) is 0 Å². The van der Waals surface area contributed by atoms with Gasteiger partial charge < -0.3 is 19.8 Å². The second kappa shape index (κ2) is 11.0. The first-order valence-corrected chi connectivity index (χ1v) is 12.0. The van der Waals surface area contributed by atoms with Crippen molar-refractivity contribution in [1.29, 1.82) is 0 Å². The van der Waals surface area contributed by atoms with Crippen molar-refractivity contribution in [3.8, 4) is 28.0 Å². The molecule has 2 N–H and O–H groups in total. The van der Waals surface area contributed by atoms with Crippen LogP contribution < -0.4 is 9.64 Å². The molecule has 0 radical (unpaired) electrons. The summed E-state index contributed by atoms with van der Waals surface area (Å²) in [5, 5.41) is 18.2. The van der Waals surface area contributed by atoms with Crippen molar-refractivity contribution in [1.82, 2.24) is 0 Å². The highest BCUT2D eigenvalue weighted by Gasteiger charge is 2.36. The number of alkyl halides is 3. The Balaban J connectivity index is 1.77. The highest BCUT2D eigenvalue weighted by Crippen LogP contribution is 2.42. The minimum atomic E-state index is -4.51. The Bertz CT molecular complexity index is 1200. The van der Waals surface area contributed by atoms with E-state index in [-0.39, 0.29) is 17.9 Å². The summed E-state index contributed by atoms with van der Waals surface area (Å²) in [5.74, 6) is -0.590. The molecule has 3 aromatic carbocycles. The Kier molecular flexibility index (Phi) is 7.84. The molecule has 0 spiro atoms. The molecular weight excluding hydrogens is 471 g/mol. The number of unbranched alkanes of at least 4 members (excludes halogenated alkanes) is 1. The normalized spacial score (nSPS) is 13.7. The van der Waals surface area contributed by atoms with E-state index in [1.807, 2.05) is 0 Å². The molecular formula is C28H28F3NO4. The largest absolute Gasteiger partial charge is 0.493 e. The Hall–Kier alpha value is -3.52. The van der Waals surface area contributed by atoms with Crippen LogP contribution in [-0.4, -0.2) is 42.5 Å². The molecule has 1 aliphatic rings.